The van der Waals surface area contributed by atoms with E-state index in [-0.39, 0.29) is 34.4 Å². The van der Waals surface area contributed by atoms with E-state index < -0.39 is 10.8 Å². The Morgan fingerprint density at radius 3 is 2.90 bits per heavy atom. The Bertz CT molecular complexity index is 1040. The second-order valence-electron chi connectivity index (χ2n) is 7.97. The largest absolute Gasteiger partial charge is 0.488 e. The zero-order chi connectivity index (χ0) is 22.1. The first-order chi connectivity index (χ1) is 14.8. The van der Waals surface area contributed by atoms with E-state index in [0.717, 1.165) is 37.8 Å². The number of rotatable bonds is 5. The number of aromatic nitrogens is 1. The van der Waals surface area contributed by atoms with Gasteiger partial charge in [0.2, 0.25) is 5.88 Å². The van der Waals surface area contributed by atoms with Gasteiger partial charge in [-0.15, -0.1) is 0 Å². The van der Waals surface area contributed by atoms with Crippen LogP contribution in [0.3, 0.4) is 0 Å². The average molecular weight is 427 g/mol. The molecule has 0 saturated carbocycles. The van der Waals surface area contributed by atoms with E-state index in [1.54, 1.807) is 0 Å². The highest BCUT2D eigenvalue weighted by Gasteiger charge is 2.31. The Labute approximate surface area is 179 Å². The fraction of sp³-hybridized carbons (Fsp3) is 0.429. The number of nitrogens with zero attached hydrogens (tertiary/aromatic N) is 3. The number of primary amides is 1. The van der Waals surface area contributed by atoms with Crippen molar-refractivity contribution in [3.63, 3.8) is 0 Å². The molecule has 2 aromatic rings. The lowest BCUT2D eigenvalue weighted by molar-refractivity contribution is -0.383. The van der Waals surface area contributed by atoms with Gasteiger partial charge < -0.3 is 25.8 Å². The summed E-state index contributed by atoms with van der Waals surface area (Å²) in [6, 6.07) is 3.29. The van der Waals surface area contributed by atoms with Crippen LogP contribution in [0.5, 0.6) is 11.6 Å². The fourth-order valence-corrected chi connectivity index (χ4v) is 4.21. The molecular formula is C21H25N5O5. The van der Waals surface area contributed by atoms with Crippen LogP contribution < -0.4 is 20.9 Å². The third-order valence-corrected chi connectivity index (χ3v) is 5.67. The van der Waals surface area contributed by atoms with Crippen molar-refractivity contribution in [1.82, 2.24) is 9.88 Å². The molecular weight excluding hydrogens is 402 g/mol. The molecule has 10 nitrogen and oxygen atoms in total. The van der Waals surface area contributed by atoms with Crippen molar-refractivity contribution in [3.8, 4) is 22.8 Å². The maximum absolute atomic E-state index is 12.2. The molecule has 10 heteroatoms. The van der Waals surface area contributed by atoms with Crippen LogP contribution in [0, 0.1) is 10.1 Å². The molecule has 4 N–H and O–H groups in total. The number of nitro benzene ring substituents is 1. The highest BCUT2D eigenvalue weighted by Crippen LogP contribution is 2.43. The minimum atomic E-state index is -0.872. The lowest BCUT2D eigenvalue weighted by Gasteiger charge is -2.30. The number of fused-ring (bicyclic) bond motifs is 1. The lowest BCUT2D eigenvalue weighted by atomic mass is 9.97. The van der Waals surface area contributed by atoms with Crippen molar-refractivity contribution in [2.45, 2.75) is 31.8 Å². The summed E-state index contributed by atoms with van der Waals surface area (Å²) >= 11 is 0. The molecule has 1 unspecified atom stereocenters. The van der Waals surface area contributed by atoms with Gasteiger partial charge >= 0.3 is 5.69 Å². The minimum absolute atomic E-state index is 0.153. The standard InChI is InChI=1S/C21H25N5O5/c1-25-6-2-5-14(11-25)31-16-9-15(19(26(28)29)18(22)17(16)20(23)27)13-8-12-4-3-7-30-21(12)24-10-13/h8-10,14H,2-7,11,22H2,1H3,(H2,23,27). The monoisotopic (exact) mass is 427 g/mol. The SMILES string of the molecule is CN1CCCC(Oc2cc(-c3cnc4c(c3)CCCO4)c([N+](=O)[O-])c(N)c2C(N)=O)C1. The van der Waals surface area contributed by atoms with Crippen molar-refractivity contribution in [2.24, 2.45) is 5.73 Å². The normalized spacial score (nSPS) is 18.7. The van der Waals surface area contributed by atoms with E-state index in [4.69, 9.17) is 20.9 Å². The van der Waals surface area contributed by atoms with Crippen LogP contribution in [0.2, 0.25) is 0 Å². The van der Waals surface area contributed by atoms with Gasteiger partial charge in [0.25, 0.3) is 5.91 Å². The predicted octanol–water partition coefficient (Wildman–Crippen LogP) is 2.14. The molecule has 31 heavy (non-hydrogen) atoms. The number of ether oxygens (including phenoxy) is 2. The first-order valence-corrected chi connectivity index (χ1v) is 10.2. The van der Waals surface area contributed by atoms with Crippen LogP contribution in [0.1, 0.15) is 35.2 Å². The number of piperidine rings is 1. The molecule has 3 heterocycles. The van der Waals surface area contributed by atoms with Gasteiger partial charge in [-0.2, -0.15) is 0 Å². The van der Waals surface area contributed by atoms with Crippen LogP contribution in [-0.4, -0.2) is 53.6 Å². The van der Waals surface area contributed by atoms with Crippen molar-refractivity contribution >= 4 is 17.3 Å². The number of likely N-dealkylation sites (tertiary alicyclic amines) is 1. The number of pyridine rings is 1. The Balaban J connectivity index is 1.84. The summed E-state index contributed by atoms with van der Waals surface area (Å²) in [6.45, 7) is 2.22. The highest BCUT2D eigenvalue weighted by atomic mass is 16.6. The van der Waals surface area contributed by atoms with E-state index >= 15 is 0 Å². The summed E-state index contributed by atoms with van der Waals surface area (Å²) in [4.78, 5) is 29.9. The number of amides is 1. The highest BCUT2D eigenvalue weighted by molar-refractivity contribution is 6.05. The van der Waals surface area contributed by atoms with Crippen molar-refractivity contribution < 1.29 is 19.2 Å². The molecule has 2 aliphatic heterocycles. The van der Waals surface area contributed by atoms with Gasteiger partial charge in [-0.1, -0.05) is 0 Å². The van der Waals surface area contributed by atoms with Gasteiger partial charge in [0.1, 0.15) is 23.1 Å². The van der Waals surface area contributed by atoms with Gasteiger partial charge in [0.15, 0.2) is 0 Å². The number of aryl methyl sites for hydroxylation is 1. The lowest BCUT2D eigenvalue weighted by Crippen LogP contribution is -2.39. The van der Waals surface area contributed by atoms with Crippen LogP contribution >= 0.6 is 0 Å². The van der Waals surface area contributed by atoms with E-state index in [9.17, 15) is 14.9 Å². The third-order valence-electron chi connectivity index (χ3n) is 5.67. The fourth-order valence-electron chi connectivity index (χ4n) is 4.21. The topological polar surface area (TPSA) is 147 Å². The first kappa shape index (κ1) is 20.9. The molecule has 0 radical (unpaired) electrons. The predicted molar refractivity (Wildman–Crippen MR) is 114 cm³/mol. The van der Waals surface area contributed by atoms with Crippen molar-refractivity contribution in [2.75, 3.05) is 32.5 Å². The number of nitrogen functional groups attached to an aromatic ring is 1. The second-order valence-corrected chi connectivity index (χ2v) is 7.97. The number of likely N-dealkylation sites (N-methyl/N-ethyl adjacent to an activating group) is 1. The zero-order valence-corrected chi connectivity index (χ0v) is 17.3. The third kappa shape index (κ3) is 4.11. The number of nitrogens with two attached hydrogens (primary N) is 2. The van der Waals surface area contributed by atoms with Gasteiger partial charge in [-0.25, -0.2) is 4.98 Å². The molecule has 1 amide bonds. The summed E-state index contributed by atoms with van der Waals surface area (Å²) in [7, 11) is 1.99. The van der Waals surface area contributed by atoms with Crippen LogP contribution in [-0.2, 0) is 6.42 Å². The van der Waals surface area contributed by atoms with Gasteiger partial charge in [0, 0.05) is 23.9 Å². The molecule has 0 bridgehead atoms. The summed E-state index contributed by atoms with van der Waals surface area (Å²) in [5.41, 5.74) is 12.4. The summed E-state index contributed by atoms with van der Waals surface area (Å²) in [6.07, 6.45) is 4.67. The molecule has 0 spiro atoms. The number of anilines is 1. The molecule has 1 aromatic heterocycles. The number of hydrogen-bond donors (Lipinski definition) is 2. The molecule has 1 saturated heterocycles. The van der Waals surface area contributed by atoms with Crippen LogP contribution in [0.15, 0.2) is 18.3 Å². The molecule has 164 valence electrons. The Morgan fingerprint density at radius 2 is 2.19 bits per heavy atom. The van der Waals surface area contributed by atoms with Crippen molar-refractivity contribution in [3.05, 3.63) is 39.6 Å². The van der Waals surface area contributed by atoms with Gasteiger partial charge in [0.05, 0.1) is 17.1 Å². The minimum Gasteiger partial charge on any atom is -0.488 e. The van der Waals surface area contributed by atoms with E-state index in [0.29, 0.717) is 24.6 Å². The molecule has 4 rings (SSSR count). The summed E-state index contributed by atoms with van der Waals surface area (Å²) < 4.78 is 11.7. The quantitative estimate of drug-likeness (QED) is 0.419. The second kappa shape index (κ2) is 8.38. The Morgan fingerprint density at radius 1 is 1.39 bits per heavy atom. The van der Waals surface area contributed by atoms with Gasteiger partial charge in [-0.3, -0.25) is 14.9 Å². The summed E-state index contributed by atoms with van der Waals surface area (Å²) in [5, 5.41) is 11.9. The molecule has 2 aliphatic rings. The van der Waals surface area contributed by atoms with E-state index in [2.05, 4.69) is 9.88 Å². The average Bonchev–Trinajstić information content (AvgIpc) is 2.72. The molecule has 1 aromatic carbocycles. The molecule has 1 atom stereocenters. The first-order valence-electron chi connectivity index (χ1n) is 10.2. The van der Waals surface area contributed by atoms with Crippen molar-refractivity contribution in [1.29, 1.82) is 0 Å². The maximum atomic E-state index is 12.2. The molecule has 0 aliphatic carbocycles. The zero-order valence-electron chi connectivity index (χ0n) is 17.3. The number of carbonyl (C=O) groups is 1. The molecule has 1 fully saturated rings. The number of carbonyl (C=O) groups excluding carboxylic acids is 1. The van der Waals surface area contributed by atoms with Gasteiger partial charge in [-0.05, 0) is 51.4 Å². The number of benzene rings is 1. The smallest absolute Gasteiger partial charge is 0.301 e. The van der Waals surface area contributed by atoms with E-state index in [1.807, 2.05) is 13.1 Å². The van der Waals surface area contributed by atoms with Crippen LogP contribution in [0.4, 0.5) is 11.4 Å². The van der Waals surface area contributed by atoms with Crippen LogP contribution in [0.25, 0.3) is 11.1 Å². The summed E-state index contributed by atoms with van der Waals surface area (Å²) in [5.74, 6) is -0.191. The Hall–Kier alpha value is -3.40. The maximum Gasteiger partial charge on any atom is 0.301 e. The number of nitro groups is 1. The number of hydrogen-bond acceptors (Lipinski definition) is 8. The van der Waals surface area contributed by atoms with E-state index in [1.165, 1.54) is 12.3 Å². The Kier molecular flexibility index (Phi) is 5.64.